The molecule has 0 aliphatic carbocycles. The fourth-order valence-electron chi connectivity index (χ4n) is 3.39. The van der Waals surface area contributed by atoms with Crippen LogP contribution in [0.5, 0.6) is 0 Å². The SMILES string of the molecule is CC(C)(CC(C)(C)c1ccc(C(=O)O)cc1)c1ccc(C=O)cc1.CO. The maximum atomic E-state index is 11.0. The van der Waals surface area contributed by atoms with Gasteiger partial charge in [0.05, 0.1) is 5.56 Å². The van der Waals surface area contributed by atoms with E-state index in [0.717, 1.165) is 25.4 Å². The second-order valence-electron chi connectivity index (χ2n) is 7.57. The fourth-order valence-corrected chi connectivity index (χ4v) is 3.39. The van der Waals surface area contributed by atoms with Crippen LogP contribution in [0.1, 0.15) is 66.0 Å². The molecule has 0 unspecified atom stereocenters. The topological polar surface area (TPSA) is 74.6 Å². The minimum absolute atomic E-state index is 0.0730. The Kier molecular flexibility index (Phi) is 7.28. The molecular formula is C22H28O4. The summed E-state index contributed by atoms with van der Waals surface area (Å²) in [7, 11) is 1.00. The summed E-state index contributed by atoms with van der Waals surface area (Å²) in [5, 5.41) is 16.0. The van der Waals surface area contributed by atoms with Crippen LogP contribution >= 0.6 is 0 Å². The van der Waals surface area contributed by atoms with E-state index in [0.29, 0.717) is 11.1 Å². The van der Waals surface area contributed by atoms with Crippen LogP contribution in [0.4, 0.5) is 0 Å². The molecule has 0 bridgehead atoms. The smallest absolute Gasteiger partial charge is 0.335 e. The monoisotopic (exact) mass is 356 g/mol. The summed E-state index contributed by atoms with van der Waals surface area (Å²) >= 11 is 0. The molecule has 2 aromatic carbocycles. The average molecular weight is 356 g/mol. The normalized spacial score (nSPS) is 11.3. The van der Waals surface area contributed by atoms with E-state index >= 15 is 0 Å². The molecule has 0 aliphatic rings. The van der Waals surface area contributed by atoms with Crippen molar-refractivity contribution in [2.45, 2.75) is 44.9 Å². The predicted octanol–water partition coefficient (Wildman–Crippen LogP) is 4.45. The molecule has 2 rings (SSSR count). The molecule has 0 saturated carbocycles. The van der Waals surface area contributed by atoms with Crippen molar-refractivity contribution in [3.8, 4) is 0 Å². The second-order valence-corrected chi connectivity index (χ2v) is 7.57. The van der Waals surface area contributed by atoms with Gasteiger partial charge in [0.15, 0.2) is 0 Å². The molecule has 4 heteroatoms. The molecule has 2 N–H and O–H groups in total. The van der Waals surface area contributed by atoms with Gasteiger partial charge in [0.2, 0.25) is 0 Å². The van der Waals surface area contributed by atoms with Crippen LogP contribution in [-0.2, 0) is 10.8 Å². The Morgan fingerprint density at radius 3 is 1.58 bits per heavy atom. The lowest BCUT2D eigenvalue weighted by Crippen LogP contribution is -2.29. The largest absolute Gasteiger partial charge is 0.478 e. The highest BCUT2D eigenvalue weighted by molar-refractivity contribution is 5.87. The molecule has 0 spiro atoms. The number of carboxylic acid groups (broad SMARTS) is 1. The summed E-state index contributed by atoms with van der Waals surface area (Å²) in [5.74, 6) is -0.907. The number of carboxylic acids is 1. The summed E-state index contributed by atoms with van der Waals surface area (Å²) in [5.41, 5.74) is 3.10. The van der Waals surface area contributed by atoms with Gasteiger partial charge in [-0.1, -0.05) is 64.1 Å². The van der Waals surface area contributed by atoms with Gasteiger partial charge < -0.3 is 10.2 Å². The Labute approximate surface area is 155 Å². The average Bonchev–Trinajstić information content (AvgIpc) is 2.62. The first kappa shape index (κ1) is 21.6. The van der Waals surface area contributed by atoms with Crippen molar-refractivity contribution in [2.75, 3.05) is 7.11 Å². The molecule has 0 atom stereocenters. The van der Waals surface area contributed by atoms with Gasteiger partial charge in [0, 0.05) is 12.7 Å². The van der Waals surface area contributed by atoms with Crippen molar-refractivity contribution < 1.29 is 19.8 Å². The molecule has 0 fully saturated rings. The summed E-state index contributed by atoms with van der Waals surface area (Å²) in [4.78, 5) is 21.8. The molecule has 140 valence electrons. The minimum Gasteiger partial charge on any atom is -0.478 e. The van der Waals surface area contributed by atoms with Crippen LogP contribution in [0, 0.1) is 0 Å². The van der Waals surface area contributed by atoms with Crippen LogP contribution in [-0.4, -0.2) is 29.6 Å². The lowest BCUT2D eigenvalue weighted by Gasteiger charge is -2.36. The van der Waals surface area contributed by atoms with Crippen molar-refractivity contribution in [3.05, 3.63) is 70.8 Å². The molecule has 0 heterocycles. The third-order valence-electron chi connectivity index (χ3n) is 4.63. The van der Waals surface area contributed by atoms with Gasteiger partial charge in [-0.3, -0.25) is 4.79 Å². The summed E-state index contributed by atoms with van der Waals surface area (Å²) < 4.78 is 0. The Bertz CT molecular complexity index is 726. The maximum Gasteiger partial charge on any atom is 0.335 e. The standard InChI is InChI=1S/C21H24O3.CH4O/c1-20(2,17-9-5-15(13-22)6-10-17)14-21(3,4)18-11-7-16(8-12-18)19(23)24;1-2/h5-13H,14H2,1-4H3,(H,23,24);2H,1H3. The number of rotatable bonds is 6. The molecule has 4 nitrogen and oxygen atoms in total. The Morgan fingerprint density at radius 1 is 0.846 bits per heavy atom. The van der Waals surface area contributed by atoms with Crippen molar-refractivity contribution >= 4 is 12.3 Å². The lowest BCUT2D eigenvalue weighted by atomic mass is 9.68. The molecule has 0 aromatic heterocycles. The van der Waals surface area contributed by atoms with Crippen LogP contribution in [0.15, 0.2) is 48.5 Å². The van der Waals surface area contributed by atoms with E-state index in [2.05, 4.69) is 27.7 Å². The minimum atomic E-state index is -0.907. The van der Waals surface area contributed by atoms with Crippen molar-refractivity contribution in [1.82, 2.24) is 0 Å². The molecular weight excluding hydrogens is 328 g/mol. The Morgan fingerprint density at radius 2 is 1.23 bits per heavy atom. The van der Waals surface area contributed by atoms with Crippen LogP contribution in [0.2, 0.25) is 0 Å². The number of hydrogen-bond acceptors (Lipinski definition) is 3. The van der Waals surface area contributed by atoms with E-state index in [1.165, 1.54) is 5.56 Å². The quantitative estimate of drug-likeness (QED) is 0.750. The zero-order valence-electron chi connectivity index (χ0n) is 16.1. The molecule has 2 aromatic rings. The van der Waals surface area contributed by atoms with E-state index in [1.54, 1.807) is 12.1 Å². The summed E-state index contributed by atoms with van der Waals surface area (Å²) in [6.45, 7) is 8.72. The summed E-state index contributed by atoms with van der Waals surface area (Å²) in [6.07, 6.45) is 1.75. The van der Waals surface area contributed by atoms with Gasteiger partial charge in [-0.2, -0.15) is 0 Å². The van der Waals surface area contributed by atoms with Crippen molar-refractivity contribution in [3.63, 3.8) is 0 Å². The van der Waals surface area contributed by atoms with E-state index in [9.17, 15) is 9.59 Å². The van der Waals surface area contributed by atoms with E-state index in [-0.39, 0.29) is 10.8 Å². The first-order chi connectivity index (χ1) is 12.2. The number of benzene rings is 2. The number of aldehydes is 1. The maximum absolute atomic E-state index is 11.0. The number of carbonyl (C=O) groups is 2. The highest BCUT2D eigenvalue weighted by Gasteiger charge is 2.31. The molecule has 0 aliphatic heterocycles. The highest BCUT2D eigenvalue weighted by Crippen LogP contribution is 2.38. The second kappa shape index (κ2) is 8.77. The van der Waals surface area contributed by atoms with Crippen LogP contribution in [0.25, 0.3) is 0 Å². The lowest BCUT2D eigenvalue weighted by molar-refractivity contribution is 0.0696. The van der Waals surface area contributed by atoms with Crippen LogP contribution < -0.4 is 0 Å². The van der Waals surface area contributed by atoms with E-state index in [1.807, 2.05) is 36.4 Å². The van der Waals surface area contributed by atoms with Gasteiger partial charge >= 0.3 is 5.97 Å². The number of aromatic carboxylic acids is 1. The highest BCUT2D eigenvalue weighted by atomic mass is 16.4. The van der Waals surface area contributed by atoms with Gasteiger partial charge in [-0.15, -0.1) is 0 Å². The molecule has 0 saturated heterocycles. The zero-order chi connectivity index (χ0) is 20.0. The first-order valence-corrected chi connectivity index (χ1v) is 8.50. The predicted molar refractivity (Wildman–Crippen MR) is 104 cm³/mol. The van der Waals surface area contributed by atoms with E-state index < -0.39 is 5.97 Å². The van der Waals surface area contributed by atoms with Crippen LogP contribution in [0.3, 0.4) is 0 Å². The van der Waals surface area contributed by atoms with Gasteiger partial charge in [0.1, 0.15) is 6.29 Å². The van der Waals surface area contributed by atoms with Gasteiger partial charge in [-0.05, 0) is 40.5 Å². The Balaban J connectivity index is 0.00000163. The third kappa shape index (κ3) is 5.27. The fraction of sp³-hybridized carbons (Fsp3) is 0.364. The summed E-state index contributed by atoms with van der Waals surface area (Å²) in [6, 6.07) is 14.8. The van der Waals surface area contributed by atoms with Crippen molar-refractivity contribution in [2.24, 2.45) is 0 Å². The molecule has 0 radical (unpaired) electrons. The van der Waals surface area contributed by atoms with Crippen molar-refractivity contribution in [1.29, 1.82) is 0 Å². The Hall–Kier alpha value is -2.46. The van der Waals surface area contributed by atoms with Gasteiger partial charge in [0.25, 0.3) is 0 Å². The number of carbonyl (C=O) groups excluding carboxylic acids is 1. The first-order valence-electron chi connectivity index (χ1n) is 8.50. The molecule has 0 amide bonds. The van der Waals surface area contributed by atoms with Gasteiger partial charge in [-0.25, -0.2) is 4.79 Å². The zero-order valence-corrected chi connectivity index (χ0v) is 16.1. The number of aliphatic hydroxyl groups is 1. The molecule has 26 heavy (non-hydrogen) atoms. The number of hydrogen-bond donors (Lipinski definition) is 2. The number of aliphatic hydroxyl groups excluding tert-OH is 1. The third-order valence-corrected chi connectivity index (χ3v) is 4.63. The van der Waals surface area contributed by atoms with E-state index in [4.69, 9.17) is 10.2 Å².